The number of carbonyl (C=O) groups excluding carboxylic acids is 1. The summed E-state index contributed by atoms with van der Waals surface area (Å²) in [5.41, 5.74) is 1.62. The smallest absolute Gasteiger partial charge is 0.354 e. The van der Waals surface area contributed by atoms with Gasteiger partial charge >= 0.3 is 5.97 Å². The molecule has 4 nitrogen and oxygen atoms in total. The van der Waals surface area contributed by atoms with E-state index >= 15 is 0 Å². The second-order valence-corrected chi connectivity index (χ2v) is 4.28. The quantitative estimate of drug-likeness (QED) is 0.764. The van der Waals surface area contributed by atoms with E-state index in [4.69, 9.17) is 0 Å². The van der Waals surface area contributed by atoms with Crippen molar-refractivity contribution in [1.29, 1.82) is 0 Å². The molecule has 1 saturated carbocycles. The highest BCUT2D eigenvalue weighted by molar-refractivity contribution is 5.87. The second-order valence-electron chi connectivity index (χ2n) is 4.28. The summed E-state index contributed by atoms with van der Waals surface area (Å²) in [6.45, 7) is 0.818. The topological polar surface area (TPSA) is 54.1 Å². The van der Waals surface area contributed by atoms with Crippen molar-refractivity contribution in [2.24, 2.45) is 0 Å². The zero-order valence-corrected chi connectivity index (χ0v) is 9.58. The van der Waals surface area contributed by atoms with Crippen LogP contribution in [-0.2, 0) is 11.3 Å². The van der Waals surface area contributed by atoms with Gasteiger partial charge in [0.1, 0.15) is 5.69 Å². The van der Waals surface area contributed by atoms with Gasteiger partial charge in [0.2, 0.25) is 0 Å². The molecule has 2 N–H and O–H groups in total. The van der Waals surface area contributed by atoms with Crippen LogP contribution in [0.3, 0.4) is 0 Å². The molecular formula is C12H18N2O2. The Bertz CT molecular complexity index is 354. The Morgan fingerprint density at radius 3 is 3.00 bits per heavy atom. The second kappa shape index (κ2) is 5.16. The van der Waals surface area contributed by atoms with Gasteiger partial charge in [-0.3, -0.25) is 0 Å². The number of carbonyl (C=O) groups is 1. The van der Waals surface area contributed by atoms with Crippen LogP contribution in [-0.4, -0.2) is 24.1 Å². The van der Waals surface area contributed by atoms with E-state index in [-0.39, 0.29) is 5.97 Å². The number of hydrogen-bond acceptors (Lipinski definition) is 3. The molecule has 0 unspecified atom stereocenters. The third kappa shape index (κ3) is 2.64. The fraction of sp³-hybridized carbons (Fsp3) is 0.583. The number of nitrogens with one attached hydrogen (secondary N) is 2. The number of aromatic amines is 1. The number of aromatic nitrogens is 1. The highest BCUT2D eigenvalue weighted by Gasteiger charge is 2.14. The molecule has 1 aromatic rings. The van der Waals surface area contributed by atoms with E-state index in [0.717, 1.165) is 12.1 Å². The van der Waals surface area contributed by atoms with Gasteiger partial charge in [-0.2, -0.15) is 0 Å². The molecule has 0 aromatic carbocycles. The maximum Gasteiger partial charge on any atom is 0.354 e. The Kier molecular flexibility index (Phi) is 3.62. The number of H-pyrrole nitrogens is 1. The standard InChI is InChI=1S/C12H18N2O2/c1-16-12(15)11-6-9(8-14-11)7-13-10-4-2-3-5-10/h6,8,10,13-14H,2-5,7H2,1H3. The summed E-state index contributed by atoms with van der Waals surface area (Å²) in [5.74, 6) is -0.313. The Balaban J connectivity index is 1.85. The molecule has 1 aliphatic carbocycles. The Hall–Kier alpha value is -1.29. The summed E-state index contributed by atoms with van der Waals surface area (Å²) < 4.78 is 4.64. The lowest BCUT2D eigenvalue weighted by Crippen LogP contribution is -2.24. The van der Waals surface area contributed by atoms with Gasteiger partial charge in [0.05, 0.1) is 7.11 Å². The average molecular weight is 222 g/mol. The van der Waals surface area contributed by atoms with Crippen molar-refractivity contribution in [2.75, 3.05) is 7.11 Å². The minimum absolute atomic E-state index is 0.313. The Labute approximate surface area is 95.4 Å². The lowest BCUT2D eigenvalue weighted by molar-refractivity contribution is 0.0595. The van der Waals surface area contributed by atoms with Crippen molar-refractivity contribution in [1.82, 2.24) is 10.3 Å². The molecule has 16 heavy (non-hydrogen) atoms. The number of ether oxygens (including phenoxy) is 1. The molecule has 0 saturated heterocycles. The first kappa shape index (κ1) is 11.2. The van der Waals surface area contributed by atoms with Crippen LogP contribution < -0.4 is 5.32 Å². The van der Waals surface area contributed by atoms with Crippen LogP contribution >= 0.6 is 0 Å². The highest BCUT2D eigenvalue weighted by atomic mass is 16.5. The molecule has 1 aromatic heterocycles. The lowest BCUT2D eigenvalue weighted by atomic mass is 10.2. The van der Waals surface area contributed by atoms with Crippen LogP contribution in [0, 0.1) is 0 Å². The lowest BCUT2D eigenvalue weighted by Gasteiger charge is -2.09. The monoisotopic (exact) mass is 222 g/mol. The summed E-state index contributed by atoms with van der Waals surface area (Å²) >= 11 is 0. The molecule has 0 spiro atoms. The zero-order chi connectivity index (χ0) is 11.4. The highest BCUT2D eigenvalue weighted by Crippen LogP contribution is 2.18. The molecule has 4 heteroatoms. The van der Waals surface area contributed by atoms with Gasteiger partial charge in [0.25, 0.3) is 0 Å². The first-order valence-electron chi connectivity index (χ1n) is 5.78. The van der Waals surface area contributed by atoms with E-state index in [2.05, 4.69) is 15.0 Å². The molecule has 1 fully saturated rings. The van der Waals surface area contributed by atoms with Crippen molar-refractivity contribution in [3.05, 3.63) is 23.5 Å². The zero-order valence-electron chi connectivity index (χ0n) is 9.58. The van der Waals surface area contributed by atoms with Gasteiger partial charge in [0.15, 0.2) is 0 Å². The van der Waals surface area contributed by atoms with E-state index in [0.29, 0.717) is 11.7 Å². The average Bonchev–Trinajstić information content (AvgIpc) is 2.96. The summed E-state index contributed by atoms with van der Waals surface area (Å²) in [6, 6.07) is 2.49. The van der Waals surface area contributed by atoms with Crippen molar-refractivity contribution in [3.63, 3.8) is 0 Å². The van der Waals surface area contributed by atoms with Gasteiger partial charge < -0.3 is 15.0 Å². The minimum atomic E-state index is -0.313. The maximum atomic E-state index is 11.2. The molecular weight excluding hydrogens is 204 g/mol. The number of hydrogen-bond donors (Lipinski definition) is 2. The summed E-state index contributed by atoms with van der Waals surface area (Å²) in [5, 5.41) is 3.50. The molecule has 1 heterocycles. The van der Waals surface area contributed by atoms with Crippen molar-refractivity contribution < 1.29 is 9.53 Å². The molecule has 0 amide bonds. The Morgan fingerprint density at radius 1 is 1.56 bits per heavy atom. The molecule has 0 bridgehead atoms. The van der Waals surface area contributed by atoms with Crippen molar-refractivity contribution in [3.8, 4) is 0 Å². The van der Waals surface area contributed by atoms with Crippen LogP contribution in [0.15, 0.2) is 12.3 Å². The molecule has 0 atom stereocenters. The minimum Gasteiger partial charge on any atom is -0.464 e. The molecule has 1 aliphatic rings. The SMILES string of the molecule is COC(=O)c1cc(CNC2CCCC2)c[nH]1. The normalized spacial score (nSPS) is 16.6. The van der Waals surface area contributed by atoms with E-state index in [1.165, 1.54) is 32.8 Å². The third-order valence-corrected chi connectivity index (χ3v) is 3.10. The molecule has 2 rings (SSSR count). The number of methoxy groups -OCH3 is 1. The van der Waals surface area contributed by atoms with Crippen LogP contribution in [0.4, 0.5) is 0 Å². The van der Waals surface area contributed by atoms with Gasteiger partial charge in [0, 0.05) is 18.8 Å². The maximum absolute atomic E-state index is 11.2. The van der Waals surface area contributed by atoms with Gasteiger partial charge in [-0.05, 0) is 24.5 Å². The van der Waals surface area contributed by atoms with E-state index in [1.54, 1.807) is 0 Å². The molecule has 0 aliphatic heterocycles. The van der Waals surface area contributed by atoms with Gasteiger partial charge in [-0.1, -0.05) is 12.8 Å². The van der Waals surface area contributed by atoms with Crippen molar-refractivity contribution in [2.45, 2.75) is 38.3 Å². The molecule has 0 radical (unpaired) electrons. The van der Waals surface area contributed by atoms with Gasteiger partial charge in [-0.25, -0.2) is 4.79 Å². The van der Waals surface area contributed by atoms with Crippen LogP contribution in [0.5, 0.6) is 0 Å². The summed E-state index contributed by atoms with van der Waals surface area (Å²) in [7, 11) is 1.39. The first-order valence-corrected chi connectivity index (χ1v) is 5.78. The van der Waals surface area contributed by atoms with Crippen molar-refractivity contribution >= 4 is 5.97 Å². The van der Waals surface area contributed by atoms with Crippen LogP contribution in [0.25, 0.3) is 0 Å². The fourth-order valence-electron chi connectivity index (χ4n) is 2.16. The fourth-order valence-corrected chi connectivity index (χ4v) is 2.16. The Morgan fingerprint density at radius 2 is 2.31 bits per heavy atom. The predicted octanol–water partition coefficient (Wildman–Crippen LogP) is 1.83. The largest absolute Gasteiger partial charge is 0.464 e. The number of rotatable bonds is 4. The third-order valence-electron chi connectivity index (χ3n) is 3.10. The summed E-state index contributed by atoms with van der Waals surface area (Å²) in [4.78, 5) is 14.1. The summed E-state index contributed by atoms with van der Waals surface area (Å²) in [6.07, 6.45) is 7.06. The number of esters is 1. The van der Waals surface area contributed by atoms with Crippen LogP contribution in [0.1, 0.15) is 41.7 Å². The van der Waals surface area contributed by atoms with Gasteiger partial charge in [-0.15, -0.1) is 0 Å². The van der Waals surface area contributed by atoms with E-state index in [1.807, 2.05) is 12.3 Å². The van der Waals surface area contributed by atoms with Crippen LogP contribution in [0.2, 0.25) is 0 Å². The van der Waals surface area contributed by atoms with E-state index in [9.17, 15) is 4.79 Å². The predicted molar refractivity (Wildman–Crippen MR) is 61.2 cm³/mol. The van der Waals surface area contributed by atoms with E-state index < -0.39 is 0 Å². The first-order chi connectivity index (χ1) is 7.79. The molecule has 88 valence electrons.